The Bertz CT molecular complexity index is 773. The molecule has 1 heterocycles. The van der Waals surface area contributed by atoms with Crippen molar-refractivity contribution < 1.29 is 14.0 Å². The predicted molar refractivity (Wildman–Crippen MR) is 86.9 cm³/mol. The number of halogens is 1. The molecule has 0 aliphatic carbocycles. The van der Waals surface area contributed by atoms with Crippen LogP contribution >= 0.6 is 0 Å². The van der Waals surface area contributed by atoms with E-state index in [4.69, 9.17) is 0 Å². The maximum absolute atomic E-state index is 13.8. The fraction of sp³-hybridized carbons (Fsp3) is 0.222. The van der Waals surface area contributed by atoms with Gasteiger partial charge in [-0.2, -0.15) is 0 Å². The molecule has 4 nitrogen and oxygen atoms in total. The summed E-state index contributed by atoms with van der Waals surface area (Å²) in [6.45, 7) is 2.12. The molecule has 2 aromatic carbocycles. The van der Waals surface area contributed by atoms with Gasteiger partial charge in [0.15, 0.2) is 0 Å². The highest BCUT2D eigenvalue weighted by Crippen LogP contribution is 2.34. The molecule has 0 spiro atoms. The molecule has 0 aromatic heterocycles. The Kier molecular flexibility index (Phi) is 4.10. The van der Waals surface area contributed by atoms with Gasteiger partial charge in [-0.15, -0.1) is 0 Å². The number of anilines is 2. The number of nitrogens with zero attached hydrogens (tertiary/aromatic N) is 1. The van der Waals surface area contributed by atoms with Crippen LogP contribution < -0.4 is 10.2 Å². The summed E-state index contributed by atoms with van der Waals surface area (Å²) in [7, 11) is 0. The van der Waals surface area contributed by atoms with Gasteiger partial charge in [0, 0.05) is 13.5 Å². The van der Waals surface area contributed by atoms with E-state index in [1.807, 2.05) is 12.1 Å². The fourth-order valence-electron chi connectivity index (χ4n) is 2.87. The van der Waals surface area contributed by atoms with E-state index in [2.05, 4.69) is 5.32 Å². The second-order valence-corrected chi connectivity index (χ2v) is 5.50. The first-order valence-corrected chi connectivity index (χ1v) is 7.50. The molecule has 1 aliphatic heterocycles. The molecule has 5 heteroatoms. The first kappa shape index (κ1) is 15.2. The minimum Gasteiger partial charge on any atom is -0.383 e. The highest BCUT2D eigenvalue weighted by atomic mass is 19.1. The number of carbonyl (C=O) groups is 2. The van der Waals surface area contributed by atoms with Crippen molar-refractivity contribution in [3.63, 3.8) is 0 Å². The van der Waals surface area contributed by atoms with Crippen molar-refractivity contribution in [1.82, 2.24) is 0 Å². The van der Waals surface area contributed by atoms with Crippen LogP contribution in [0.2, 0.25) is 0 Å². The zero-order valence-electron chi connectivity index (χ0n) is 12.8. The van der Waals surface area contributed by atoms with Crippen molar-refractivity contribution in [1.29, 1.82) is 0 Å². The Labute approximate surface area is 133 Å². The number of benzene rings is 2. The number of hydrogen-bond acceptors (Lipinski definition) is 3. The second kappa shape index (κ2) is 6.20. The van der Waals surface area contributed by atoms with E-state index in [0.717, 1.165) is 29.1 Å². The fourth-order valence-corrected chi connectivity index (χ4v) is 2.87. The number of amides is 2. The van der Waals surface area contributed by atoms with E-state index < -0.39 is 11.7 Å². The standard InChI is InChI=1S/C18H17FN2O2/c1-12(22)21(16-8-4-6-13-9-10-20-18(13)16)17(23)11-14-5-2-3-7-15(14)19/h2-8,20H,9-11H2,1H3. The predicted octanol–water partition coefficient (Wildman–Crippen LogP) is 2.92. The Morgan fingerprint density at radius 3 is 2.70 bits per heavy atom. The second-order valence-electron chi connectivity index (χ2n) is 5.50. The van der Waals surface area contributed by atoms with Gasteiger partial charge in [0.05, 0.1) is 17.8 Å². The van der Waals surface area contributed by atoms with Crippen LogP contribution in [0.3, 0.4) is 0 Å². The number of nitrogens with one attached hydrogen (secondary N) is 1. The van der Waals surface area contributed by atoms with Gasteiger partial charge in [-0.05, 0) is 29.7 Å². The van der Waals surface area contributed by atoms with Gasteiger partial charge < -0.3 is 5.32 Å². The van der Waals surface area contributed by atoms with Crippen LogP contribution in [0, 0.1) is 5.82 Å². The van der Waals surface area contributed by atoms with Crippen molar-refractivity contribution in [2.75, 3.05) is 16.8 Å². The summed E-state index contributed by atoms with van der Waals surface area (Å²) >= 11 is 0. The number of hydrogen-bond donors (Lipinski definition) is 1. The third-order valence-corrected chi connectivity index (χ3v) is 3.93. The molecule has 2 amide bonds. The van der Waals surface area contributed by atoms with Crippen molar-refractivity contribution in [2.45, 2.75) is 19.8 Å². The van der Waals surface area contributed by atoms with Gasteiger partial charge in [-0.25, -0.2) is 9.29 Å². The minimum absolute atomic E-state index is 0.157. The summed E-state index contributed by atoms with van der Waals surface area (Å²) < 4.78 is 13.8. The van der Waals surface area contributed by atoms with Crippen LogP contribution in [-0.4, -0.2) is 18.4 Å². The Morgan fingerprint density at radius 1 is 1.17 bits per heavy atom. The van der Waals surface area contributed by atoms with E-state index in [-0.39, 0.29) is 17.9 Å². The smallest absolute Gasteiger partial charge is 0.238 e. The Morgan fingerprint density at radius 2 is 1.96 bits per heavy atom. The first-order chi connectivity index (χ1) is 11.1. The molecule has 0 fully saturated rings. The molecule has 0 unspecified atom stereocenters. The van der Waals surface area contributed by atoms with E-state index >= 15 is 0 Å². The van der Waals surface area contributed by atoms with Gasteiger partial charge in [0.25, 0.3) is 0 Å². The Hall–Kier alpha value is -2.69. The van der Waals surface area contributed by atoms with Gasteiger partial charge in [-0.1, -0.05) is 30.3 Å². The molecule has 1 N–H and O–H groups in total. The lowest BCUT2D eigenvalue weighted by atomic mass is 10.1. The van der Waals surface area contributed by atoms with Crippen molar-refractivity contribution in [2.24, 2.45) is 0 Å². The maximum atomic E-state index is 13.8. The van der Waals surface area contributed by atoms with Crippen molar-refractivity contribution in [3.05, 3.63) is 59.4 Å². The van der Waals surface area contributed by atoms with Gasteiger partial charge in [-0.3, -0.25) is 9.59 Å². The van der Waals surface area contributed by atoms with Crippen LogP contribution in [0.4, 0.5) is 15.8 Å². The third kappa shape index (κ3) is 2.95. The molecule has 118 valence electrons. The van der Waals surface area contributed by atoms with Crippen LogP contribution in [0.5, 0.6) is 0 Å². The summed E-state index contributed by atoms with van der Waals surface area (Å²) in [5.74, 6) is -1.26. The van der Waals surface area contributed by atoms with Crippen molar-refractivity contribution >= 4 is 23.2 Å². The number of rotatable bonds is 3. The highest BCUT2D eigenvalue weighted by Gasteiger charge is 2.26. The van der Waals surface area contributed by atoms with E-state index in [1.54, 1.807) is 24.3 Å². The molecule has 2 aromatic rings. The number of carbonyl (C=O) groups excluding carboxylic acids is 2. The van der Waals surface area contributed by atoms with Gasteiger partial charge >= 0.3 is 0 Å². The average molecular weight is 312 g/mol. The molecule has 0 saturated heterocycles. The van der Waals surface area contributed by atoms with Crippen LogP contribution in [0.25, 0.3) is 0 Å². The number of fused-ring (bicyclic) bond motifs is 1. The molecule has 0 radical (unpaired) electrons. The van der Waals surface area contributed by atoms with Crippen molar-refractivity contribution in [3.8, 4) is 0 Å². The molecular weight excluding hydrogens is 295 g/mol. The highest BCUT2D eigenvalue weighted by molar-refractivity contribution is 6.16. The zero-order valence-corrected chi connectivity index (χ0v) is 12.8. The summed E-state index contributed by atoms with van der Waals surface area (Å²) in [6, 6.07) is 11.6. The first-order valence-electron chi connectivity index (χ1n) is 7.50. The van der Waals surface area contributed by atoms with Crippen LogP contribution in [0.15, 0.2) is 42.5 Å². The lowest BCUT2D eigenvalue weighted by Gasteiger charge is -2.22. The lowest BCUT2D eigenvalue weighted by Crippen LogP contribution is -2.37. The Balaban J connectivity index is 1.94. The van der Waals surface area contributed by atoms with Crippen LogP contribution in [0.1, 0.15) is 18.1 Å². The molecule has 0 atom stereocenters. The van der Waals surface area contributed by atoms with Crippen LogP contribution in [-0.2, 0) is 22.4 Å². The molecular formula is C18H17FN2O2. The summed E-state index contributed by atoms with van der Waals surface area (Å²) in [5, 5.41) is 3.21. The number of para-hydroxylation sites is 1. The number of imide groups is 1. The molecule has 3 rings (SSSR count). The molecule has 1 aliphatic rings. The monoisotopic (exact) mass is 312 g/mol. The molecule has 0 saturated carbocycles. The zero-order chi connectivity index (χ0) is 16.4. The average Bonchev–Trinajstić information content (AvgIpc) is 2.99. The minimum atomic E-state index is -0.444. The molecule has 23 heavy (non-hydrogen) atoms. The molecule has 0 bridgehead atoms. The maximum Gasteiger partial charge on any atom is 0.238 e. The van der Waals surface area contributed by atoms with E-state index in [0.29, 0.717) is 5.69 Å². The van der Waals surface area contributed by atoms with E-state index in [1.165, 1.54) is 13.0 Å². The third-order valence-electron chi connectivity index (χ3n) is 3.93. The lowest BCUT2D eigenvalue weighted by molar-refractivity contribution is -0.125. The topological polar surface area (TPSA) is 49.4 Å². The van der Waals surface area contributed by atoms with Gasteiger partial charge in [0.1, 0.15) is 5.82 Å². The SMILES string of the molecule is CC(=O)N(C(=O)Cc1ccccc1F)c1cccc2c1NCC2. The summed E-state index contributed by atoms with van der Waals surface area (Å²) in [4.78, 5) is 25.8. The van der Waals surface area contributed by atoms with Gasteiger partial charge in [0.2, 0.25) is 11.8 Å². The summed E-state index contributed by atoms with van der Waals surface area (Å²) in [5.41, 5.74) is 2.70. The largest absolute Gasteiger partial charge is 0.383 e. The normalized spacial score (nSPS) is 12.4. The van der Waals surface area contributed by atoms with E-state index in [9.17, 15) is 14.0 Å². The summed E-state index contributed by atoms with van der Waals surface area (Å²) in [6.07, 6.45) is 0.701. The quantitative estimate of drug-likeness (QED) is 0.948.